The Morgan fingerprint density at radius 1 is 1.33 bits per heavy atom. The van der Waals surface area contributed by atoms with Crippen molar-refractivity contribution >= 4 is 5.82 Å². The first-order valence-corrected chi connectivity index (χ1v) is 8.28. The Kier molecular flexibility index (Phi) is 4.22. The Labute approximate surface area is 127 Å². The van der Waals surface area contributed by atoms with Crippen molar-refractivity contribution in [2.75, 3.05) is 24.5 Å². The van der Waals surface area contributed by atoms with Crippen LogP contribution in [0, 0.1) is 18.8 Å². The molecule has 21 heavy (non-hydrogen) atoms. The fourth-order valence-electron chi connectivity index (χ4n) is 4.09. The smallest absolute Gasteiger partial charge is 0.131 e. The predicted octanol–water partition coefficient (Wildman–Crippen LogP) is 1.44. The number of rotatable bonds is 5. The van der Waals surface area contributed by atoms with Gasteiger partial charge in [0.25, 0.3) is 0 Å². The van der Waals surface area contributed by atoms with E-state index < -0.39 is 0 Å². The van der Waals surface area contributed by atoms with Crippen molar-refractivity contribution in [1.82, 2.24) is 15.1 Å². The minimum Gasteiger partial charge on any atom is -0.393 e. The minimum atomic E-state index is -0.101. The standard InChI is InChI=1S/C16H28N4O/c1-4-7-17-8-13-11(2)18-19(3)16(13)20-9-12-5-6-15(21)14(12)10-20/h12,14-15,17,21H,4-10H2,1-3H3. The summed E-state index contributed by atoms with van der Waals surface area (Å²) in [6.07, 6.45) is 3.20. The lowest BCUT2D eigenvalue weighted by Crippen LogP contribution is -2.27. The highest BCUT2D eigenvalue weighted by molar-refractivity contribution is 5.51. The first-order chi connectivity index (χ1) is 10.1. The van der Waals surface area contributed by atoms with Crippen molar-refractivity contribution in [2.45, 2.75) is 45.8 Å². The summed E-state index contributed by atoms with van der Waals surface area (Å²) in [5.41, 5.74) is 2.44. The number of aliphatic hydroxyl groups excluding tert-OH is 1. The maximum absolute atomic E-state index is 10.1. The summed E-state index contributed by atoms with van der Waals surface area (Å²) in [4.78, 5) is 2.45. The van der Waals surface area contributed by atoms with E-state index >= 15 is 0 Å². The topological polar surface area (TPSA) is 53.3 Å². The van der Waals surface area contributed by atoms with Gasteiger partial charge in [0.05, 0.1) is 11.8 Å². The summed E-state index contributed by atoms with van der Waals surface area (Å²) in [6, 6.07) is 0. The van der Waals surface area contributed by atoms with Gasteiger partial charge in [0.1, 0.15) is 5.82 Å². The second-order valence-corrected chi connectivity index (χ2v) is 6.66. The van der Waals surface area contributed by atoms with Gasteiger partial charge in [-0.15, -0.1) is 0 Å². The fourth-order valence-corrected chi connectivity index (χ4v) is 4.09. The van der Waals surface area contributed by atoms with Gasteiger partial charge in [-0.1, -0.05) is 6.92 Å². The van der Waals surface area contributed by atoms with Crippen LogP contribution in [0.1, 0.15) is 37.4 Å². The van der Waals surface area contributed by atoms with Crippen LogP contribution in [-0.2, 0) is 13.6 Å². The van der Waals surface area contributed by atoms with E-state index in [2.05, 4.69) is 29.2 Å². The lowest BCUT2D eigenvalue weighted by Gasteiger charge is -2.22. The Morgan fingerprint density at radius 3 is 2.86 bits per heavy atom. The van der Waals surface area contributed by atoms with Gasteiger partial charge < -0.3 is 15.3 Å². The van der Waals surface area contributed by atoms with Gasteiger partial charge in [-0.25, -0.2) is 0 Å². The second kappa shape index (κ2) is 5.97. The zero-order valence-corrected chi connectivity index (χ0v) is 13.5. The molecule has 5 nitrogen and oxygen atoms in total. The normalized spacial score (nSPS) is 28.4. The van der Waals surface area contributed by atoms with Crippen LogP contribution in [0.4, 0.5) is 5.82 Å². The fraction of sp³-hybridized carbons (Fsp3) is 0.812. The molecule has 3 atom stereocenters. The molecule has 1 aliphatic carbocycles. The van der Waals surface area contributed by atoms with Gasteiger partial charge in [-0.05, 0) is 38.6 Å². The molecule has 118 valence electrons. The SMILES string of the molecule is CCCNCc1c(C)nn(C)c1N1CC2CCC(O)C2C1. The van der Waals surface area contributed by atoms with Crippen LogP contribution < -0.4 is 10.2 Å². The maximum atomic E-state index is 10.1. The quantitative estimate of drug-likeness (QED) is 0.806. The first-order valence-electron chi connectivity index (χ1n) is 8.28. The van der Waals surface area contributed by atoms with Crippen molar-refractivity contribution in [2.24, 2.45) is 18.9 Å². The molecule has 1 saturated heterocycles. The molecule has 0 radical (unpaired) electrons. The number of aryl methyl sites for hydroxylation is 2. The number of nitrogens with one attached hydrogen (secondary N) is 1. The Morgan fingerprint density at radius 2 is 2.14 bits per heavy atom. The van der Waals surface area contributed by atoms with Gasteiger partial charge in [-0.3, -0.25) is 4.68 Å². The van der Waals surface area contributed by atoms with Crippen LogP contribution >= 0.6 is 0 Å². The number of aliphatic hydroxyl groups is 1. The summed E-state index contributed by atoms with van der Waals surface area (Å²) in [5.74, 6) is 2.36. The van der Waals surface area contributed by atoms with E-state index in [1.54, 1.807) is 0 Å². The van der Waals surface area contributed by atoms with Gasteiger partial charge in [-0.2, -0.15) is 5.10 Å². The first kappa shape index (κ1) is 14.9. The third kappa shape index (κ3) is 2.69. The van der Waals surface area contributed by atoms with Crippen LogP contribution in [0.2, 0.25) is 0 Å². The summed E-state index contributed by atoms with van der Waals surface area (Å²) < 4.78 is 2.02. The van der Waals surface area contributed by atoms with Crippen LogP contribution in [0.25, 0.3) is 0 Å². The summed E-state index contributed by atoms with van der Waals surface area (Å²) in [7, 11) is 2.04. The van der Waals surface area contributed by atoms with Crippen LogP contribution in [0.5, 0.6) is 0 Å². The Balaban J connectivity index is 1.78. The molecule has 0 bridgehead atoms. The third-order valence-corrected chi connectivity index (χ3v) is 5.16. The molecule has 1 saturated carbocycles. The van der Waals surface area contributed by atoms with Crippen LogP contribution in [0.3, 0.4) is 0 Å². The highest BCUT2D eigenvalue weighted by Gasteiger charge is 2.43. The molecule has 0 amide bonds. The third-order valence-electron chi connectivity index (χ3n) is 5.16. The molecule has 0 spiro atoms. The number of anilines is 1. The molecular formula is C16H28N4O. The Hall–Kier alpha value is -1.07. The summed E-state index contributed by atoms with van der Waals surface area (Å²) >= 11 is 0. The monoisotopic (exact) mass is 292 g/mol. The van der Waals surface area contributed by atoms with Crippen LogP contribution in [-0.4, -0.2) is 40.6 Å². The van der Waals surface area contributed by atoms with E-state index in [0.717, 1.165) is 44.7 Å². The number of fused-ring (bicyclic) bond motifs is 1. The molecule has 2 heterocycles. The average Bonchev–Trinajstić information content (AvgIpc) is 3.07. The molecule has 3 unspecified atom stereocenters. The number of nitrogens with zero attached hydrogens (tertiary/aromatic N) is 3. The van der Waals surface area contributed by atoms with Gasteiger partial charge in [0.2, 0.25) is 0 Å². The largest absolute Gasteiger partial charge is 0.393 e. The number of hydrogen-bond donors (Lipinski definition) is 2. The molecule has 1 aromatic heterocycles. The van der Waals surface area contributed by atoms with E-state index in [9.17, 15) is 5.11 Å². The molecule has 2 N–H and O–H groups in total. The highest BCUT2D eigenvalue weighted by Crippen LogP contribution is 2.40. The number of hydrogen-bond acceptors (Lipinski definition) is 4. The van der Waals surface area contributed by atoms with Crippen molar-refractivity contribution in [3.05, 3.63) is 11.3 Å². The highest BCUT2D eigenvalue weighted by atomic mass is 16.3. The molecule has 1 aliphatic heterocycles. The lowest BCUT2D eigenvalue weighted by atomic mass is 10.00. The van der Waals surface area contributed by atoms with Crippen molar-refractivity contribution < 1.29 is 5.11 Å². The molecule has 5 heteroatoms. The minimum absolute atomic E-state index is 0.101. The van der Waals surface area contributed by atoms with Crippen molar-refractivity contribution in [1.29, 1.82) is 0 Å². The summed E-state index contributed by atoms with van der Waals surface area (Å²) in [6.45, 7) is 8.26. The number of aromatic nitrogens is 2. The van der Waals surface area contributed by atoms with Crippen molar-refractivity contribution in [3.8, 4) is 0 Å². The maximum Gasteiger partial charge on any atom is 0.131 e. The molecule has 2 fully saturated rings. The van der Waals surface area contributed by atoms with Crippen LogP contribution in [0.15, 0.2) is 0 Å². The molecular weight excluding hydrogens is 264 g/mol. The zero-order valence-electron chi connectivity index (χ0n) is 13.5. The van der Waals surface area contributed by atoms with Gasteiger partial charge >= 0.3 is 0 Å². The van der Waals surface area contributed by atoms with E-state index in [1.807, 2.05) is 11.7 Å². The second-order valence-electron chi connectivity index (χ2n) is 6.66. The molecule has 2 aliphatic rings. The van der Waals surface area contributed by atoms with E-state index in [-0.39, 0.29) is 6.10 Å². The van der Waals surface area contributed by atoms with Gasteiger partial charge in [0, 0.05) is 38.2 Å². The van der Waals surface area contributed by atoms with Crippen molar-refractivity contribution in [3.63, 3.8) is 0 Å². The summed E-state index contributed by atoms with van der Waals surface area (Å²) in [5, 5.41) is 18.2. The van der Waals surface area contributed by atoms with E-state index in [1.165, 1.54) is 17.8 Å². The Bertz CT molecular complexity index is 499. The lowest BCUT2D eigenvalue weighted by molar-refractivity contribution is 0.133. The average molecular weight is 292 g/mol. The zero-order chi connectivity index (χ0) is 15.0. The molecule has 1 aromatic rings. The molecule has 3 rings (SSSR count). The molecule has 0 aromatic carbocycles. The van der Waals surface area contributed by atoms with E-state index in [4.69, 9.17) is 0 Å². The van der Waals surface area contributed by atoms with E-state index in [0.29, 0.717) is 11.8 Å². The van der Waals surface area contributed by atoms with Gasteiger partial charge in [0.15, 0.2) is 0 Å². The predicted molar refractivity (Wildman–Crippen MR) is 84.4 cm³/mol.